The van der Waals surface area contributed by atoms with Gasteiger partial charge in [-0.2, -0.15) is 30.2 Å². The molecule has 1 aliphatic rings. The van der Waals surface area contributed by atoms with Gasteiger partial charge in [0.2, 0.25) is 0 Å². The minimum absolute atomic E-state index is 0.173. The Morgan fingerprint density at radius 1 is 1.32 bits per heavy atom. The molecule has 0 spiro atoms. The van der Waals surface area contributed by atoms with E-state index in [4.69, 9.17) is 0 Å². The van der Waals surface area contributed by atoms with Gasteiger partial charge in [0.05, 0.1) is 0 Å². The Balaban J connectivity index is 2.81. The van der Waals surface area contributed by atoms with Gasteiger partial charge in [-0.05, 0) is 18.8 Å². The summed E-state index contributed by atoms with van der Waals surface area (Å²) in [5.41, 5.74) is 0. The van der Waals surface area contributed by atoms with Crippen molar-refractivity contribution in [3.63, 3.8) is 0 Å². The molecule has 0 aromatic carbocycles. The molecule has 0 N–H and O–H groups in total. The van der Waals surface area contributed by atoms with E-state index < -0.39 is 22.9 Å². The lowest BCUT2D eigenvalue weighted by Gasteiger charge is -2.34. The molecule has 0 atom stereocenters. The van der Waals surface area contributed by atoms with Gasteiger partial charge in [-0.25, -0.2) is 0 Å². The van der Waals surface area contributed by atoms with Crippen LogP contribution in [-0.4, -0.2) is 54.7 Å². The lowest BCUT2D eigenvalue weighted by Crippen LogP contribution is -2.50. The smallest absolute Gasteiger partial charge is 0.195 e. The van der Waals surface area contributed by atoms with Gasteiger partial charge in [-0.1, -0.05) is 22.9 Å². The quantitative estimate of drug-likeness (QED) is 0.700. The molecule has 1 saturated heterocycles. The van der Waals surface area contributed by atoms with E-state index in [0.29, 0.717) is 36.2 Å². The summed E-state index contributed by atoms with van der Waals surface area (Å²) in [5, 5.41) is 0.173. The van der Waals surface area contributed by atoms with Crippen molar-refractivity contribution in [1.82, 2.24) is 8.61 Å². The predicted octanol–water partition coefficient (Wildman–Crippen LogP) is 2.22. The zero-order chi connectivity index (χ0) is 14.7. The zero-order valence-electron chi connectivity index (χ0n) is 10.7. The zero-order valence-corrected chi connectivity index (χ0v) is 13.1. The summed E-state index contributed by atoms with van der Waals surface area (Å²) in [6.07, 6.45) is -3.15. The first-order chi connectivity index (χ1) is 8.66. The van der Waals surface area contributed by atoms with Crippen molar-refractivity contribution in [2.75, 3.05) is 31.5 Å². The van der Waals surface area contributed by atoms with E-state index in [1.807, 2.05) is 6.92 Å². The summed E-state index contributed by atoms with van der Waals surface area (Å²) in [4.78, 5) is 0. The highest BCUT2D eigenvalue weighted by atomic mass is 79.9. The van der Waals surface area contributed by atoms with Crippen molar-refractivity contribution in [3.8, 4) is 0 Å². The molecule has 0 radical (unpaired) electrons. The summed E-state index contributed by atoms with van der Waals surface area (Å²) >= 11 is 2.99. The average molecular weight is 367 g/mol. The number of alkyl halides is 4. The lowest BCUT2D eigenvalue weighted by molar-refractivity contribution is -0.136. The van der Waals surface area contributed by atoms with Crippen LogP contribution in [0.2, 0.25) is 0 Å². The fourth-order valence-corrected chi connectivity index (χ4v) is 4.24. The van der Waals surface area contributed by atoms with Gasteiger partial charge in [-0.15, -0.1) is 0 Å². The Kier molecular flexibility index (Phi) is 6.09. The summed E-state index contributed by atoms with van der Waals surface area (Å²) in [5.74, 6) is 0.415. The first kappa shape index (κ1) is 17.2. The molecule has 0 aliphatic carbocycles. The van der Waals surface area contributed by atoms with Crippen LogP contribution in [0.15, 0.2) is 0 Å². The van der Waals surface area contributed by atoms with Crippen molar-refractivity contribution < 1.29 is 21.6 Å². The highest BCUT2D eigenvalue weighted by molar-refractivity contribution is 9.09. The molecular formula is C10H18BrF3N2O2S. The number of hydrogen-bond acceptors (Lipinski definition) is 2. The molecule has 114 valence electrons. The normalized spacial score (nSPS) is 20.1. The van der Waals surface area contributed by atoms with Crippen molar-refractivity contribution in [1.29, 1.82) is 0 Å². The van der Waals surface area contributed by atoms with Gasteiger partial charge in [0.1, 0.15) is 6.54 Å². The molecule has 1 rings (SSSR count). The second-order valence-electron chi connectivity index (χ2n) is 4.73. The van der Waals surface area contributed by atoms with Gasteiger partial charge < -0.3 is 0 Å². The van der Waals surface area contributed by atoms with E-state index in [9.17, 15) is 21.6 Å². The maximum Gasteiger partial charge on any atom is 0.402 e. The Morgan fingerprint density at radius 2 is 1.84 bits per heavy atom. The van der Waals surface area contributed by atoms with Crippen LogP contribution in [-0.2, 0) is 10.2 Å². The summed E-state index contributed by atoms with van der Waals surface area (Å²) in [7, 11) is -4.03. The predicted molar refractivity (Wildman–Crippen MR) is 70.3 cm³/mol. The van der Waals surface area contributed by atoms with E-state index in [1.54, 1.807) is 0 Å². The van der Waals surface area contributed by atoms with Crippen LogP contribution in [0.5, 0.6) is 0 Å². The molecular weight excluding hydrogens is 349 g/mol. The fourth-order valence-electron chi connectivity index (χ4n) is 1.95. The number of nitrogens with zero attached hydrogens (tertiary/aromatic N) is 2. The monoisotopic (exact) mass is 366 g/mol. The second kappa shape index (κ2) is 6.73. The first-order valence-corrected chi connectivity index (χ1v) is 8.56. The van der Waals surface area contributed by atoms with Gasteiger partial charge in [0.15, 0.2) is 0 Å². The maximum absolute atomic E-state index is 12.4. The molecule has 9 heteroatoms. The first-order valence-electron chi connectivity index (χ1n) is 6.05. The number of piperidine rings is 1. The Morgan fingerprint density at radius 3 is 2.26 bits per heavy atom. The van der Waals surface area contributed by atoms with E-state index in [2.05, 4.69) is 15.9 Å². The van der Waals surface area contributed by atoms with Crippen LogP contribution >= 0.6 is 15.9 Å². The number of halogens is 4. The average Bonchev–Trinajstić information content (AvgIpc) is 2.27. The summed E-state index contributed by atoms with van der Waals surface area (Å²) < 4.78 is 63.4. The SMILES string of the molecule is CC1CCN(S(=O)(=O)N(CCBr)CC(F)(F)F)CC1. The molecule has 0 aromatic rings. The minimum atomic E-state index is -4.53. The summed E-state index contributed by atoms with van der Waals surface area (Å²) in [6.45, 7) is 0.969. The fraction of sp³-hybridized carbons (Fsp3) is 1.00. The molecule has 0 saturated carbocycles. The third-order valence-corrected chi connectivity index (χ3v) is 5.42. The van der Waals surface area contributed by atoms with Crippen LogP contribution in [0, 0.1) is 5.92 Å². The van der Waals surface area contributed by atoms with Crippen LogP contribution in [0.25, 0.3) is 0 Å². The Hall–Kier alpha value is 0.140. The minimum Gasteiger partial charge on any atom is -0.195 e. The molecule has 1 fully saturated rings. The standard InChI is InChI=1S/C10H18BrF3N2O2S/c1-9-2-5-15(6-3-9)19(17,18)16(7-4-11)8-10(12,13)14/h9H,2-8H2,1H3. The van der Waals surface area contributed by atoms with Crippen molar-refractivity contribution in [2.45, 2.75) is 25.9 Å². The molecule has 0 bridgehead atoms. The van der Waals surface area contributed by atoms with Crippen LogP contribution in [0.3, 0.4) is 0 Å². The molecule has 19 heavy (non-hydrogen) atoms. The maximum atomic E-state index is 12.4. The van der Waals surface area contributed by atoms with Crippen molar-refractivity contribution in [2.24, 2.45) is 5.92 Å². The molecule has 0 unspecified atom stereocenters. The molecule has 0 amide bonds. The number of hydrogen-bond donors (Lipinski definition) is 0. The van der Waals surface area contributed by atoms with Crippen LogP contribution < -0.4 is 0 Å². The van der Waals surface area contributed by atoms with Crippen molar-refractivity contribution in [3.05, 3.63) is 0 Å². The molecule has 0 aromatic heterocycles. The highest BCUT2D eigenvalue weighted by Gasteiger charge is 2.39. The largest absolute Gasteiger partial charge is 0.402 e. The number of rotatable bonds is 5. The second-order valence-corrected chi connectivity index (χ2v) is 7.45. The molecule has 1 aliphatic heterocycles. The van der Waals surface area contributed by atoms with Gasteiger partial charge in [0.25, 0.3) is 10.2 Å². The van der Waals surface area contributed by atoms with Crippen LogP contribution in [0.4, 0.5) is 13.2 Å². The van der Waals surface area contributed by atoms with E-state index >= 15 is 0 Å². The van der Waals surface area contributed by atoms with Crippen LogP contribution in [0.1, 0.15) is 19.8 Å². The summed E-state index contributed by atoms with van der Waals surface area (Å²) in [6, 6.07) is 0. The Bertz CT molecular complexity index is 381. The van der Waals surface area contributed by atoms with Gasteiger partial charge in [-0.3, -0.25) is 0 Å². The van der Waals surface area contributed by atoms with E-state index in [1.165, 1.54) is 0 Å². The highest BCUT2D eigenvalue weighted by Crippen LogP contribution is 2.24. The molecule has 1 heterocycles. The lowest BCUT2D eigenvalue weighted by atomic mass is 10.0. The topological polar surface area (TPSA) is 40.6 Å². The molecule has 4 nitrogen and oxygen atoms in total. The van der Waals surface area contributed by atoms with E-state index in [0.717, 1.165) is 4.31 Å². The van der Waals surface area contributed by atoms with E-state index in [-0.39, 0.29) is 11.9 Å². The third kappa shape index (κ3) is 5.20. The van der Waals surface area contributed by atoms with Gasteiger partial charge in [0, 0.05) is 25.0 Å². The van der Waals surface area contributed by atoms with Crippen molar-refractivity contribution >= 4 is 26.1 Å². The Labute approximate surface area is 120 Å². The van der Waals surface area contributed by atoms with Gasteiger partial charge >= 0.3 is 6.18 Å². The third-order valence-electron chi connectivity index (χ3n) is 3.08.